The predicted octanol–water partition coefficient (Wildman–Crippen LogP) is 7.20. The maximum Gasteiger partial charge on any atom is 0.416 e. The zero-order chi connectivity index (χ0) is 30.7. The van der Waals surface area contributed by atoms with E-state index in [1.165, 1.54) is 12.1 Å². The molecule has 9 heteroatoms. The third-order valence-corrected chi connectivity index (χ3v) is 7.83. The van der Waals surface area contributed by atoms with E-state index in [0.29, 0.717) is 30.2 Å². The van der Waals surface area contributed by atoms with E-state index >= 15 is 0 Å². The molecule has 6 rings (SSSR count). The Morgan fingerprint density at radius 3 is 2.39 bits per heavy atom. The lowest BCUT2D eigenvalue weighted by molar-refractivity contribution is -0.137. The molecule has 1 aromatic heterocycles. The average molecular weight is 601 g/mol. The summed E-state index contributed by atoms with van der Waals surface area (Å²) in [4.78, 5) is 13.4. The number of hydrogen-bond donors (Lipinski definition) is 1. The number of hydrogen-bond acceptors (Lipinski definition) is 4. The molecule has 0 spiro atoms. The lowest BCUT2D eigenvalue weighted by Crippen LogP contribution is -2.41. The van der Waals surface area contributed by atoms with Crippen molar-refractivity contribution in [2.45, 2.75) is 31.2 Å². The number of carbonyl (C=O) groups is 1. The summed E-state index contributed by atoms with van der Waals surface area (Å²) in [5, 5.41) is 3.88. The molecule has 1 aliphatic heterocycles. The summed E-state index contributed by atoms with van der Waals surface area (Å²) in [6.45, 7) is 1.08. The van der Waals surface area contributed by atoms with Crippen molar-refractivity contribution in [2.24, 2.45) is 0 Å². The van der Waals surface area contributed by atoms with Gasteiger partial charge in [-0.3, -0.25) is 4.79 Å². The second-order valence-electron chi connectivity index (χ2n) is 10.8. The van der Waals surface area contributed by atoms with E-state index < -0.39 is 17.7 Å². The summed E-state index contributed by atoms with van der Waals surface area (Å²) >= 11 is 0. The maximum atomic E-state index is 13.4. The maximum absolute atomic E-state index is 13.4. The fourth-order valence-corrected chi connectivity index (χ4v) is 5.57. The molecule has 0 saturated carbocycles. The second-order valence-corrected chi connectivity index (χ2v) is 10.8. The molecule has 6 nitrogen and oxygen atoms in total. The number of alkyl halides is 3. The number of aromatic nitrogens is 1. The van der Waals surface area contributed by atoms with Gasteiger partial charge in [-0.1, -0.05) is 54.6 Å². The van der Waals surface area contributed by atoms with E-state index in [-0.39, 0.29) is 25.0 Å². The van der Waals surface area contributed by atoms with Gasteiger partial charge in [0.2, 0.25) is 5.91 Å². The largest absolute Gasteiger partial charge is 0.497 e. The highest BCUT2D eigenvalue weighted by Gasteiger charge is 2.31. The Balaban J connectivity index is 1.28. The Hall–Kier alpha value is -4.92. The van der Waals surface area contributed by atoms with E-state index in [4.69, 9.17) is 14.2 Å². The predicted molar refractivity (Wildman–Crippen MR) is 161 cm³/mol. The second kappa shape index (κ2) is 12.4. The normalized spacial score (nSPS) is 15.1. The van der Waals surface area contributed by atoms with Crippen molar-refractivity contribution in [3.63, 3.8) is 0 Å². The number of fused-ring (bicyclic) bond motifs is 2. The van der Waals surface area contributed by atoms with Crippen LogP contribution in [0.15, 0.2) is 103 Å². The molecule has 5 aromatic rings. The lowest BCUT2D eigenvalue weighted by Gasteiger charge is -2.26. The molecule has 0 fully saturated rings. The Morgan fingerprint density at radius 1 is 0.955 bits per heavy atom. The molecule has 44 heavy (non-hydrogen) atoms. The minimum Gasteiger partial charge on any atom is -0.497 e. The molecule has 1 N–H and O–H groups in total. The molecular formula is C35H31F3N2O4. The molecule has 1 amide bonds. The highest BCUT2D eigenvalue weighted by atomic mass is 19.4. The van der Waals surface area contributed by atoms with Crippen molar-refractivity contribution in [1.82, 2.24) is 9.88 Å². The molecule has 0 radical (unpaired) electrons. The number of carbonyl (C=O) groups excluding carboxylic acids is 1. The van der Waals surface area contributed by atoms with Crippen LogP contribution in [-0.2, 0) is 17.5 Å². The number of rotatable bonds is 9. The third-order valence-electron chi connectivity index (χ3n) is 7.83. The van der Waals surface area contributed by atoms with E-state index in [0.717, 1.165) is 39.9 Å². The standard InChI is InChI=1S/C35H31F3N2O4/c1-42-26-16-10-23(11-17-26)20-40-21-30(28-6-2-3-7-31(28)40)29(24-12-14-25(15-13-24)35(36,37)38)18-34(41)39-19-27-22-43-32-8-4-5-9-33(32)44-27/h2-17,21,27,29H,18-20,22H2,1H3,(H,39,41)/t27-,29+/m0/s1. The lowest BCUT2D eigenvalue weighted by atomic mass is 9.87. The minimum atomic E-state index is -4.46. The van der Waals surface area contributed by atoms with Crippen molar-refractivity contribution in [3.8, 4) is 17.2 Å². The third kappa shape index (κ3) is 6.37. The monoisotopic (exact) mass is 600 g/mol. The van der Waals surface area contributed by atoms with E-state index in [1.807, 2.05) is 79.0 Å². The van der Waals surface area contributed by atoms with Gasteiger partial charge in [-0.2, -0.15) is 13.2 Å². The van der Waals surface area contributed by atoms with Crippen molar-refractivity contribution in [3.05, 3.63) is 126 Å². The molecule has 1 aliphatic rings. The number of para-hydroxylation sites is 3. The van der Waals surface area contributed by atoms with Crippen molar-refractivity contribution < 1.29 is 32.2 Å². The van der Waals surface area contributed by atoms with Crippen LogP contribution >= 0.6 is 0 Å². The first kappa shape index (κ1) is 29.2. The van der Waals surface area contributed by atoms with Crippen molar-refractivity contribution >= 4 is 16.8 Å². The first-order valence-corrected chi connectivity index (χ1v) is 14.3. The van der Waals surface area contributed by atoms with Gasteiger partial charge >= 0.3 is 6.18 Å². The topological polar surface area (TPSA) is 61.7 Å². The number of methoxy groups -OCH3 is 1. The van der Waals surface area contributed by atoms with Gasteiger partial charge in [-0.15, -0.1) is 0 Å². The van der Waals surface area contributed by atoms with Gasteiger partial charge in [0.15, 0.2) is 11.5 Å². The fourth-order valence-electron chi connectivity index (χ4n) is 5.57. The number of nitrogens with one attached hydrogen (secondary N) is 1. The fraction of sp³-hybridized carbons (Fsp3) is 0.229. The number of benzene rings is 4. The van der Waals surface area contributed by atoms with Crippen molar-refractivity contribution in [2.75, 3.05) is 20.3 Å². The molecule has 4 aromatic carbocycles. The van der Waals surface area contributed by atoms with Gasteiger partial charge in [0.05, 0.1) is 19.2 Å². The smallest absolute Gasteiger partial charge is 0.416 e. The van der Waals surface area contributed by atoms with Crippen LogP contribution < -0.4 is 19.5 Å². The molecule has 0 aliphatic carbocycles. The molecule has 0 unspecified atom stereocenters. The average Bonchev–Trinajstić information content (AvgIpc) is 3.40. The summed E-state index contributed by atoms with van der Waals surface area (Å²) in [5.41, 5.74) is 2.75. The van der Waals surface area contributed by atoms with Gasteiger partial charge < -0.3 is 24.1 Å². The Kier molecular flexibility index (Phi) is 8.19. The Morgan fingerprint density at radius 2 is 1.66 bits per heavy atom. The van der Waals surface area contributed by atoms with Crippen LogP contribution in [-0.4, -0.2) is 36.8 Å². The van der Waals surface area contributed by atoms with Gasteiger partial charge in [-0.25, -0.2) is 0 Å². The van der Waals surface area contributed by atoms with E-state index in [1.54, 1.807) is 7.11 Å². The number of halogens is 3. The van der Waals surface area contributed by atoms with Crippen LogP contribution in [0.1, 0.15) is 34.6 Å². The van der Waals surface area contributed by atoms with Crippen LogP contribution in [0.2, 0.25) is 0 Å². The number of amides is 1. The Labute approximate surface area is 253 Å². The zero-order valence-corrected chi connectivity index (χ0v) is 24.0. The number of ether oxygens (including phenoxy) is 3. The summed E-state index contributed by atoms with van der Waals surface area (Å²) in [5.74, 6) is 1.29. The zero-order valence-electron chi connectivity index (χ0n) is 24.0. The van der Waals surface area contributed by atoms with Crippen LogP contribution in [0.4, 0.5) is 13.2 Å². The van der Waals surface area contributed by atoms with Gasteiger partial charge in [0.1, 0.15) is 18.5 Å². The van der Waals surface area contributed by atoms with Crippen LogP contribution in [0.25, 0.3) is 10.9 Å². The first-order valence-electron chi connectivity index (χ1n) is 14.3. The summed E-state index contributed by atoms with van der Waals surface area (Å²) in [7, 11) is 1.62. The highest BCUT2D eigenvalue weighted by molar-refractivity contribution is 5.87. The minimum absolute atomic E-state index is 0.0338. The van der Waals surface area contributed by atoms with Crippen LogP contribution in [0.5, 0.6) is 17.2 Å². The molecule has 0 bridgehead atoms. The highest BCUT2D eigenvalue weighted by Crippen LogP contribution is 2.37. The quantitative estimate of drug-likeness (QED) is 0.195. The summed E-state index contributed by atoms with van der Waals surface area (Å²) < 4.78 is 59.3. The van der Waals surface area contributed by atoms with Crippen LogP contribution in [0, 0.1) is 0 Å². The van der Waals surface area contributed by atoms with Gasteiger partial charge in [0.25, 0.3) is 0 Å². The van der Waals surface area contributed by atoms with Crippen molar-refractivity contribution in [1.29, 1.82) is 0 Å². The van der Waals surface area contributed by atoms with E-state index in [2.05, 4.69) is 9.88 Å². The number of nitrogens with zero attached hydrogens (tertiary/aromatic N) is 1. The van der Waals surface area contributed by atoms with Gasteiger partial charge in [-0.05, 0) is 59.2 Å². The SMILES string of the molecule is COc1ccc(Cn2cc([C@H](CC(=O)NC[C@H]3COc4ccccc4O3)c3ccc(C(F)(F)F)cc3)c3ccccc32)cc1. The molecule has 2 atom stereocenters. The molecular weight excluding hydrogens is 569 g/mol. The first-order chi connectivity index (χ1) is 21.3. The molecule has 226 valence electrons. The van der Waals surface area contributed by atoms with Gasteiger partial charge in [0, 0.05) is 36.0 Å². The Bertz CT molecular complexity index is 1750. The molecule has 2 heterocycles. The summed E-state index contributed by atoms with van der Waals surface area (Å²) in [6.07, 6.45) is -2.80. The van der Waals surface area contributed by atoms with Crippen LogP contribution in [0.3, 0.4) is 0 Å². The van der Waals surface area contributed by atoms with E-state index in [9.17, 15) is 18.0 Å². The molecule has 0 saturated heterocycles. The summed E-state index contributed by atoms with van der Waals surface area (Å²) in [6, 6.07) is 28.0.